The van der Waals surface area contributed by atoms with Gasteiger partial charge in [0.2, 0.25) is 0 Å². The van der Waals surface area contributed by atoms with Gasteiger partial charge in [-0.15, -0.1) is 0 Å². The van der Waals surface area contributed by atoms with Crippen LogP contribution in [0.25, 0.3) is 11.0 Å². The second kappa shape index (κ2) is 8.42. The summed E-state index contributed by atoms with van der Waals surface area (Å²) in [5.74, 6) is -0.701. The van der Waals surface area contributed by atoms with Crippen LogP contribution in [0.5, 0.6) is 0 Å². The molecule has 0 saturated carbocycles. The fourth-order valence-electron chi connectivity index (χ4n) is 2.49. The van der Waals surface area contributed by atoms with Crippen molar-refractivity contribution in [3.63, 3.8) is 0 Å². The van der Waals surface area contributed by atoms with E-state index in [1.807, 2.05) is 0 Å². The number of aliphatic hydroxyl groups excluding tert-OH is 1. The van der Waals surface area contributed by atoms with Gasteiger partial charge in [-0.1, -0.05) is 20.8 Å². The fourth-order valence-corrected chi connectivity index (χ4v) is 2.49. The van der Waals surface area contributed by atoms with E-state index in [0.717, 1.165) is 6.07 Å². The predicted octanol–water partition coefficient (Wildman–Crippen LogP) is 3.60. The topological polar surface area (TPSA) is 139 Å². The van der Waals surface area contributed by atoms with E-state index in [0.29, 0.717) is 16.9 Å². The lowest BCUT2D eigenvalue weighted by Crippen LogP contribution is -2.17. The molecular formula is C21H22FN7O2. The highest BCUT2D eigenvalue weighted by Gasteiger charge is 2.17. The first kappa shape index (κ1) is 21.8. The standard InChI is InChI=1S/C21H22FN7O2/c1-11-24-9-15-18(27-11)19(26-10-25-15)28-14-7-12(5-6-13(14)22)20(31)29-17(23)8-16(30)21(2,3)4/h5-10,30H,1-4H3,(H2,23,29,31)(H,25,26,28)/b16-8-. The third-order valence-corrected chi connectivity index (χ3v) is 4.25. The van der Waals surface area contributed by atoms with Gasteiger partial charge in [-0.25, -0.2) is 24.3 Å². The number of hydrogen-bond donors (Lipinski definition) is 3. The Morgan fingerprint density at radius 3 is 2.71 bits per heavy atom. The highest BCUT2D eigenvalue weighted by molar-refractivity contribution is 6.06. The van der Waals surface area contributed by atoms with Gasteiger partial charge in [0.15, 0.2) is 5.82 Å². The number of nitrogens with zero attached hydrogens (tertiary/aromatic N) is 5. The van der Waals surface area contributed by atoms with Crippen LogP contribution in [0.4, 0.5) is 15.9 Å². The minimum absolute atomic E-state index is 0.00367. The molecule has 4 N–H and O–H groups in total. The van der Waals surface area contributed by atoms with Crippen LogP contribution in [-0.4, -0.2) is 36.8 Å². The van der Waals surface area contributed by atoms with Crippen molar-refractivity contribution >= 4 is 34.3 Å². The number of nitrogens with two attached hydrogens (primary N) is 1. The minimum Gasteiger partial charge on any atom is -0.512 e. The SMILES string of the molecule is Cc1ncc2ncnc(Nc3cc(C(=O)N=C(N)/C=C(\O)C(C)(C)C)ccc3F)c2n1. The average Bonchev–Trinajstić information content (AvgIpc) is 2.69. The van der Waals surface area contributed by atoms with E-state index in [2.05, 4.69) is 30.2 Å². The van der Waals surface area contributed by atoms with Crippen LogP contribution in [0.1, 0.15) is 37.0 Å². The van der Waals surface area contributed by atoms with Gasteiger partial charge in [0, 0.05) is 17.1 Å². The maximum atomic E-state index is 14.4. The number of aryl methyl sites for hydroxylation is 1. The summed E-state index contributed by atoms with van der Waals surface area (Å²) >= 11 is 0. The molecule has 0 aliphatic rings. The summed E-state index contributed by atoms with van der Waals surface area (Å²) < 4.78 is 14.4. The van der Waals surface area contributed by atoms with E-state index in [-0.39, 0.29) is 28.7 Å². The lowest BCUT2D eigenvalue weighted by molar-refractivity contribution is 0.100. The summed E-state index contributed by atoms with van der Waals surface area (Å²) in [6, 6.07) is 3.72. The number of halogens is 1. The van der Waals surface area contributed by atoms with Crippen LogP contribution < -0.4 is 11.1 Å². The molecule has 31 heavy (non-hydrogen) atoms. The van der Waals surface area contributed by atoms with E-state index < -0.39 is 17.1 Å². The molecule has 0 unspecified atom stereocenters. The fraction of sp³-hybridized carbons (Fsp3) is 0.238. The predicted molar refractivity (Wildman–Crippen MR) is 116 cm³/mol. The first-order valence-corrected chi connectivity index (χ1v) is 9.35. The maximum Gasteiger partial charge on any atom is 0.279 e. The van der Waals surface area contributed by atoms with Gasteiger partial charge in [-0.3, -0.25) is 4.79 Å². The van der Waals surface area contributed by atoms with Crippen molar-refractivity contribution < 1.29 is 14.3 Å². The van der Waals surface area contributed by atoms with Crippen LogP contribution in [0.3, 0.4) is 0 Å². The number of nitrogens with one attached hydrogen (secondary N) is 1. The first-order valence-electron chi connectivity index (χ1n) is 9.35. The molecule has 0 bridgehead atoms. The molecule has 3 aromatic rings. The molecule has 0 fully saturated rings. The van der Waals surface area contributed by atoms with E-state index in [4.69, 9.17) is 5.73 Å². The summed E-state index contributed by atoms with van der Waals surface area (Å²) in [7, 11) is 0. The summed E-state index contributed by atoms with van der Waals surface area (Å²) in [5.41, 5.74) is 6.20. The molecule has 3 rings (SSSR count). The monoisotopic (exact) mass is 423 g/mol. The molecule has 0 aliphatic carbocycles. The number of anilines is 2. The van der Waals surface area contributed by atoms with Crippen LogP contribution in [0.2, 0.25) is 0 Å². The number of fused-ring (bicyclic) bond motifs is 1. The highest BCUT2D eigenvalue weighted by atomic mass is 19.1. The van der Waals surface area contributed by atoms with Gasteiger partial charge >= 0.3 is 0 Å². The van der Waals surface area contributed by atoms with E-state index in [9.17, 15) is 14.3 Å². The highest BCUT2D eigenvalue weighted by Crippen LogP contribution is 2.25. The molecule has 160 valence electrons. The van der Waals surface area contributed by atoms with E-state index >= 15 is 0 Å². The van der Waals surface area contributed by atoms with Gasteiger partial charge < -0.3 is 16.2 Å². The Kier molecular flexibility index (Phi) is 5.91. The molecule has 9 nitrogen and oxygen atoms in total. The lowest BCUT2D eigenvalue weighted by atomic mass is 9.93. The number of hydrogen-bond acceptors (Lipinski definition) is 7. The maximum absolute atomic E-state index is 14.4. The number of carbonyl (C=O) groups excluding carboxylic acids is 1. The van der Waals surface area contributed by atoms with Gasteiger partial charge in [0.1, 0.15) is 40.6 Å². The van der Waals surface area contributed by atoms with Crippen molar-refractivity contribution in [3.05, 3.63) is 59.8 Å². The average molecular weight is 423 g/mol. The Balaban J connectivity index is 1.92. The molecule has 1 aromatic carbocycles. The molecule has 2 aromatic heterocycles. The smallest absolute Gasteiger partial charge is 0.279 e. The summed E-state index contributed by atoms with van der Waals surface area (Å²) in [5, 5.41) is 12.8. The number of aliphatic hydroxyl groups is 1. The molecule has 0 radical (unpaired) electrons. The zero-order valence-corrected chi connectivity index (χ0v) is 17.5. The van der Waals surface area contributed by atoms with Crippen molar-refractivity contribution in [2.24, 2.45) is 16.1 Å². The second-order valence-electron chi connectivity index (χ2n) is 7.81. The zero-order valence-electron chi connectivity index (χ0n) is 17.5. The third-order valence-electron chi connectivity index (χ3n) is 4.25. The van der Waals surface area contributed by atoms with Gasteiger partial charge in [0.25, 0.3) is 5.91 Å². The third kappa shape index (κ3) is 5.16. The molecular weight excluding hydrogens is 401 g/mol. The number of amides is 1. The summed E-state index contributed by atoms with van der Waals surface area (Å²) in [6.07, 6.45) is 4.06. The second-order valence-corrected chi connectivity index (χ2v) is 7.81. The molecule has 0 atom stereocenters. The Labute approximate surface area is 178 Å². The van der Waals surface area contributed by atoms with Gasteiger partial charge in [0.05, 0.1) is 11.9 Å². The Morgan fingerprint density at radius 2 is 2.00 bits per heavy atom. The van der Waals surface area contributed by atoms with Crippen LogP contribution in [0, 0.1) is 18.2 Å². The number of amidine groups is 1. The van der Waals surface area contributed by atoms with Crippen molar-refractivity contribution in [1.29, 1.82) is 0 Å². The molecule has 1 amide bonds. The number of aliphatic imine (C=N–C) groups is 1. The molecule has 10 heteroatoms. The van der Waals surface area contributed by atoms with Crippen LogP contribution >= 0.6 is 0 Å². The number of rotatable bonds is 4. The van der Waals surface area contributed by atoms with Gasteiger partial charge in [-0.05, 0) is 25.1 Å². The van der Waals surface area contributed by atoms with Crippen molar-refractivity contribution in [2.45, 2.75) is 27.7 Å². The Hall–Kier alpha value is -3.95. The molecule has 0 aliphatic heterocycles. The first-order chi connectivity index (χ1) is 14.5. The van der Waals surface area contributed by atoms with E-state index in [1.165, 1.54) is 24.5 Å². The van der Waals surface area contributed by atoms with Crippen molar-refractivity contribution in [2.75, 3.05) is 5.32 Å². The summed E-state index contributed by atoms with van der Waals surface area (Å²) in [4.78, 5) is 32.8. The number of benzene rings is 1. The number of carbonyl (C=O) groups is 1. The normalized spacial score (nSPS) is 12.8. The minimum atomic E-state index is -0.691. The largest absolute Gasteiger partial charge is 0.512 e. The van der Waals surface area contributed by atoms with Gasteiger partial charge in [-0.2, -0.15) is 4.99 Å². The van der Waals surface area contributed by atoms with Crippen molar-refractivity contribution in [1.82, 2.24) is 19.9 Å². The van der Waals surface area contributed by atoms with Crippen LogP contribution in [-0.2, 0) is 0 Å². The Bertz CT molecular complexity index is 1220. The summed E-state index contributed by atoms with van der Waals surface area (Å²) in [6.45, 7) is 7.07. The van der Waals surface area contributed by atoms with Crippen molar-refractivity contribution in [3.8, 4) is 0 Å². The number of allylic oxidation sites excluding steroid dienone is 1. The molecule has 0 spiro atoms. The zero-order chi connectivity index (χ0) is 22.8. The molecule has 2 heterocycles. The number of aromatic nitrogens is 4. The quantitative estimate of drug-likeness (QED) is 0.329. The Morgan fingerprint density at radius 1 is 1.26 bits per heavy atom. The van der Waals surface area contributed by atoms with Crippen LogP contribution in [0.15, 0.2) is 47.6 Å². The molecule has 0 saturated heterocycles. The van der Waals surface area contributed by atoms with E-state index in [1.54, 1.807) is 33.9 Å². The lowest BCUT2D eigenvalue weighted by Gasteiger charge is -2.16.